The summed E-state index contributed by atoms with van der Waals surface area (Å²) in [5.41, 5.74) is 0. The Morgan fingerprint density at radius 2 is 1.60 bits per heavy atom. The van der Waals surface area contributed by atoms with Crippen molar-refractivity contribution in [2.75, 3.05) is 19.5 Å². The molecule has 0 fully saturated rings. The van der Waals surface area contributed by atoms with Gasteiger partial charge in [-0.05, 0) is 26.4 Å². The molecular formula is C8H18ClN. The van der Waals surface area contributed by atoms with Gasteiger partial charge >= 0.3 is 0 Å². The quantitative estimate of drug-likeness (QED) is 0.449. The molecule has 2 heteroatoms. The molecule has 0 amide bonds. The molecule has 0 aliphatic carbocycles. The van der Waals surface area contributed by atoms with Gasteiger partial charge in [-0.2, -0.15) is 0 Å². The molecule has 0 spiro atoms. The van der Waals surface area contributed by atoms with E-state index in [4.69, 9.17) is 11.6 Å². The van der Waals surface area contributed by atoms with Crippen molar-refractivity contribution < 1.29 is 0 Å². The highest BCUT2D eigenvalue weighted by Crippen LogP contribution is 2.02. The molecule has 0 aliphatic heterocycles. The largest absolute Gasteiger partial charge is 0.320 e. The second-order valence-corrected chi connectivity index (χ2v) is 2.94. The number of nitrogens with one attached hydrogen (secondary N) is 1. The molecule has 1 N–H and O–H groups in total. The fourth-order valence-electron chi connectivity index (χ4n) is 0.927. The Labute approximate surface area is 69.1 Å². The van der Waals surface area contributed by atoms with E-state index in [9.17, 15) is 0 Å². The zero-order valence-electron chi connectivity index (χ0n) is 6.83. The Balaban J connectivity index is 2.65. The van der Waals surface area contributed by atoms with E-state index in [1.807, 2.05) is 7.05 Å². The van der Waals surface area contributed by atoms with Crippen LogP contribution in [0.3, 0.4) is 0 Å². The van der Waals surface area contributed by atoms with Gasteiger partial charge in [-0.15, -0.1) is 11.6 Å². The van der Waals surface area contributed by atoms with Gasteiger partial charge in [0.2, 0.25) is 0 Å². The number of alkyl halides is 1. The van der Waals surface area contributed by atoms with Crippen LogP contribution in [0, 0.1) is 0 Å². The molecule has 0 radical (unpaired) electrons. The van der Waals surface area contributed by atoms with Crippen molar-refractivity contribution in [1.82, 2.24) is 5.32 Å². The first-order valence-electron chi connectivity index (χ1n) is 4.12. The molecule has 0 bridgehead atoms. The average molecular weight is 164 g/mol. The predicted molar refractivity (Wildman–Crippen MR) is 47.7 cm³/mol. The van der Waals surface area contributed by atoms with Crippen LogP contribution in [-0.2, 0) is 0 Å². The highest BCUT2D eigenvalue weighted by Gasteiger charge is 1.87. The lowest BCUT2D eigenvalue weighted by atomic mass is 10.1. The number of hydrogen-bond donors (Lipinski definition) is 1. The van der Waals surface area contributed by atoms with E-state index in [1.54, 1.807) is 0 Å². The molecule has 0 rings (SSSR count). The van der Waals surface area contributed by atoms with Gasteiger partial charge in [-0.3, -0.25) is 0 Å². The SMILES string of the molecule is CNCCCCCCCCl. The van der Waals surface area contributed by atoms with E-state index < -0.39 is 0 Å². The first kappa shape index (κ1) is 10.2. The maximum Gasteiger partial charge on any atom is 0.0223 e. The maximum absolute atomic E-state index is 5.53. The van der Waals surface area contributed by atoms with Crippen molar-refractivity contribution in [2.45, 2.75) is 32.1 Å². The average Bonchev–Trinajstić information content (AvgIpc) is 1.97. The third kappa shape index (κ3) is 8.25. The van der Waals surface area contributed by atoms with Crippen LogP contribution in [0.4, 0.5) is 0 Å². The van der Waals surface area contributed by atoms with Crippen LogP contribution in [-0.4, -0.2) is 19.5 Å². The molecule has 0 aromatic heterocycles. The fourth-order valence-corrected chi connectivity index (χ4v) is 1.12. The van der Waals surface area contributed by atoms with Gasteiger partial charge in [-0.1, -0.05) is 19.3 Å². The zero-order chi connectivity index (χ0) is 7.66. The molecule has 1 nitrogen and oxygen atoms in total. The van der Waals surface area contributed by atoms with Crippen molar-refractivity contribution in [3.63, 3.8) is 0 Å². The minimum Gasteiger partial charge on any atom is -0.320 e. The standard InChI is InChI=1S/C8H18ClN/c1-10-8-6-4-2-3-5-7-9/h10H,2-8H2,1H3. The summed E-state index contributed by atoms with van der Waals surface area (Å²) in [4.78, 5) is 0. The predicted octanol–water partition coefficient (Wildman–Crippen LogP) is 2.40. The summed E-state index contributed by atoms with van der Waals surface area (Å²) in [5.74, 6) is 0.825. The molecule has 0 saturated heterocycles. The van der Waals surface area contributed by atoms with Crippen molar-refractivity contribution in [3.05, 3.63) is 0 Å². The lowest BCUT2D eigenvalue weighted by molar-refractivity contribution is 0.612. The van der Waals surface area contributed by atoms with Crippen molar-refractivity contribution >= 4 is 11.6 Å². The highest BCUT2D eigenvalue weighted by atomic mass is 35.5. The zero-order valence-corrected chi connectivity index (χ0v) is 7.58. The first-order chi connectivity index (χ1) is 4.91. The molecule has 0 aromatic rings. The fraction of sp³-hybridized carbons (Fsp3) is 1.00. The van der Waals surface area contributed by atoms with Crippen LogP contribution in [0.5, 0.6) is 0 Å². The molecule has 0 unspecified atom stereocenters. The van der Waals surface area contributed by atoms with Gasteiger partial charge in [0.1, 0.15) is 0 Å². The topological polar surface area (TPSA) is 12.0 Å². The Morgan fingerprint density at radius 3 is 2.20 bits per heavy atom. The van der Waals surface area contributed by atoms with E-state index >= 15 is 0 Å². The molecule has 0 heterocycles. The molecule has 62 valence electrons. The van der Waals surface area contributed by atoms with Crippen LogP contribution in [0.2, 0.25) is 0 Å². The molecule has 10 heavy (non-hydrogen) atoms. The summed E-state index contributed by atoms with van der Waals surface area (Å²) in [7, 11) is 2.00. The minimum absolute atomic E-state index is 0.825. The number of rotatable bonds is 7. The number of halogens is 1. The Bertz CT molecular complexity index is 49.2. The van der Waals surface area contributed by atoms with Crippen LogP contribution in [0.25, 0.3) is 0 Å². The monoisotopic (exact) mass is 163 g/mol. The summed E-state index contributed by atoms with van der Waals surface area (Å²) in [6.45, 7) is 1.15. The van der Waals surface area contributed by atoms with Crippen LogP contribution in [0.1, 0.15) is 32.1 Å². The number of hydrogen-bond acceptors (Lipinski definition) is 1. The van der Waals surface area contributed by atoms with Gasteiger partial charge in [0.15, 0.2) is 0 Å². The van der Waals surface area contributed by atoms with Gasteiger partial charge in [-0.25, -0.2) is 0 Å². The van der Waals surface area contributed by atoms with E-state index in [-0.39, 0.29) is 0 Å². The third-order valence-corrected chi connectivity index (χ3v) is 1.83. The van der Waals surface area contributed by atoms with Gasteiger partial charge in [0, 0.05) is 5.88 Å². The van der Waals surface area contributed by atoms with Crippen LogP contribution >= 0.6 is 11.6 Å². The summed E-state index contributed by atoms with van der Waals surface area (Å²) >= 11 is 5.53. The van der Waals surface area contributed by atoms with Crippen LogP contribution < -0.4 is 5.32 Å². The van der Waals surface area contributed by atoms with Crippen molar-refractivity contribution in [1.29, 1.82) is 0 Å². The molecule has 0 saturated carbocycles. The summed E-state index contributed by atoms with van der Waals surface area (Å²) < 4.78 is 0. The van der Waals surface area contributed by atoms with Gasteiger partial charge in [0.05, 0.1) is 0 Å². The summed E-state index contributed by atoms with van der Waals surface area (Å²) in [6.07, 6.45) is 6.47. The molecular weight excluding hydrogens is 146 g/mol. The Hall–Kier alpha value is 0.250. The first-order valence-corrected chi connectivity index (χ1v) is 4.66. The smallest absolute Gasteiger partial charge is 0.0223 e. The summed E-state index contributed by atoms with van der Waals surface area (Å²) in [6, 6.07) is 0. The lowest BCUT2D eigenvalue weighted by Gasteiger charge is -1.98. The molecule has 0 atom stereocenters. The van der Waals surface area contributed by atoms with E-state index in [0.717, 1.165) is 12.4 Å². The molecule has 0 aliphatic rings. The van der Waals surface area contributed by atoms with Crippen LogP contribution in [0.15, 0.2) is 0 Å². The minimum atomic E-state index is 0.825. The number of unbranched alkanes of at least 4 members (excludes halogenated alkanes) is 4. The van der Waals surface area contributed by atoms with Crippen molar-refractivity contribution in [3.8, 4) is 0 Å². The lowest BCUT2D eigenvalue weighted by Crippen LogP contribution is -2.06. The van der Waals surface area contributed by atoms with Gasteiger partial charge in [0.25, 0.3) is 0 Å². The van der Waals surface area contributed by atoms with E-state index in [0.29, 0.717) is 0 Å². The second-order valence-electron chi connectivity index (χ2n) is 2.56. The van der Waals surface area contributed by atoms with E-state index in [1.165, 1.54) is 32.1 Å². The Kier molecular flexibility index (Phi) is 9.48. The van der Waals surface area contributed by atoms with Gasteiger partial charge < -0.3 is 5.32 Å². The second kappa shape index (κ2) is 9.25. The third-order valence-electron chi connectivity index (χ3n) is 1.56. The maximum atomic E-state index is 5.53. The summed E-state index contributed by atoms with van der Waals surface area (Å²) in [5, 5.41) is 3.13. The Morgan fingerprint density at radius 1 is 1.00 bits per heavy atom. The van der Waals surface area contributed by atoms with E-state index in [2.05, 4.69) is 5.32 Å². The highest BCUT2D eigenvalue weighted by molar-refractivity contribution is 6.17. The normalized spacial score (nSPS) is 10.2. The molecule has 0 aromatic carbocycles. The van der Waals surface area contributed by atoms with Crippen molar-refractivity contribution in [2.24, 2.45) is 0 Å².